The van der Waals surface area contributed by atoms with E-state index in [1.807, 2.05) is 19.2 Å². The van der Waals surface area contributed by atoms with Crippen molar-refractivity contribution in [3.8, 4) is 0 Å². The third kappa shape index (κ3) is 3.82. The minimum absolute atomic E-state index is 0.292. The number of rotatable bonds is 5. The van der Waals surface area contributed by atoms with E-state index in [0.717, 1.165) is 17.8 Å². The van der Waals surface area contributed by atoms with Gasteiger partial charge in [0.05, 0.1) is 11.9 Å². The van der Waals surface area contributed by atoms with Crippen LogP contribution in [-0.4, -0.2) is 4.98 Å². The monoisotopic (exact) mass is 254 g/mol. The molecule has 0 saturated heterocycles. The lowest BCUT2D eigenvalue weighted by molar-refractivity contribution is 0.874. The molecule has 19 heavy (non-hydrogen) atoms. The molecule has 2 rings (SSSR count). The molecule has 100 valence electrons. The molecule has 0 spiro atoms. The van der Waals surface area contributed by atoms with Crippen molar-refractivity contribution in [2.75, 3.05) is 5.32 Å². The number of pyridine rings is 1. The average molecular weight is 254 g/mol. The van der Waals surface area contributed by atoms with E-state index < -0.39 is 0 Å². The first-order valence-corrected chi connectivity index (χ1v) is 6.97. The molecule has 1 aromatic heterocycles. The minimum Gasteiger partial charge on any atom is -0.377 e. The third-order valence-electron chi connectivity index (χ3n) is 3.31. The first-order valence-electron chi connectivity index (χ1n) is 6.97. The summed E-state index contributed by atoms with van der Waals surface area (Å²) in [5.74, 6) is 0. The van der Waals surface area contributed by atoms with Gasteiger partial charge in [-0.15, -0.1) is 0 Å². The van der Waals surface area contributed by atoms with Gasteiger partial charge in [0.2, 0.25) is 0 Å². The molecule has 0 amide bonds. The lowest BCUT2D eigenvalue weighted by atomic mass is 10.0. The largest absolute Gasteiger partial charge is 0.377 e. The topological polar surface area (TPSA) is 24.9 Å². The van der Waals surface area contributed by atoms with Gasteiger partial charge < -0.3 is 5.32 Å². The second-order valence-corrected chi connectivity index (χ2v) is 5.05. The predicted octanol–water partition coefficient (Wildman–Crippen LogP) is 4.52. The van der Waals surface area contributed by atoms with Crippen LogP contribution in [0.4, 0.5) is 5.69 Å². The van der Waals surface area contributed by atoms with E-state index in [2.05, 4.69) is 54.5 Å². The van der Waals surface area contributed by atoms with Crippen molar-refractivity contribution in [3.63, 3.8) is 0 Å². The Morgan fingerprint density at radius 3 is 2.42 bits per heavy atom. The molecule has 1 unspecified atom stereocenters. The van der Waals surface area contributed by atoms with Crippen molar-refractivity contribution in [2.24, 2.45) is 0 Å². The highest BCUT2D eigenvalue weighted by Gasteiger charge is 2.05. The fourth-order valence-electron chi connectivity index (χ4n) is 2.15. The van der Waals surface area contributed by atoms with Crippen LogP contribution in [0.3, 0.4) is 0 Å². The molecular formula is C17H22N2. The average Bonchev–Trinajstić information content (AvgIpc) is 2.42. The van der Waals surface area contributed by atoms with Crippen LogP contribution in [-0.2, 0) is 6.42 Å². The highest BCUT2D eigenvalue weighted by molar-refractivity contribution is 5.43. The van der Waals surface area contributed by atoms with Crippen molar-refractivity contribution in [1.82, 2.24) is 4.98 Å². The Balaban J connectivity index is 2.02. The van der Waals surface area contributed by atoms with Crippen molar-refractivity contribution >= 4 is 5.69 Å². The van der Waals surface area contributed by atoms with Crippen molar-refractivity contribution in [2.45, 2.75) is 39.7 Å². The fraction of sp³-hybridized carbons (Fsp3) is 0.353. The summed E-state index contributed by atoms with van der Waals surface area (Å²) in [4.78, 5) is 4.30. The first kappa shape index (κ1) is 13.6. The number of nitrogens with zero attached hydrogens (tertiary/aromatic N) is 1. The number of aryl methyl sites for hydroxylation is 2. The van der Waals surface area contributed by atoms with E-state index in [1.54, 1.807) is 0 Å². The molecular weight excluding hydrogens is 232 g/mol. The van der Waals surface area contributed by atoms with E-state index in [4.69, 9.17) is 0 Å². The van der Waals surface area contributed by atoms with Crippen LogP contribution in [0.25, 0.3) is 0 Å². The Bertz CT molecular complexity index is 500. The molecule has 0 aliphatic rings. The molecule has 0 saturated carbocycles. The molecule has 0 radical (unpaired) electrons. The van der Waals surface area contributed by atoms with Crippen LogP contribution < -0.4 is 5.32 Å². The first-order chi connectivity index (χ1) is 9.19. The number of benzene rings is 1. The summed E-state index contributed by atoms with van der Waals surface area (Å²) < 4.78 is 0. The number of anilines is 1. The van der Waals surface area contributed by atoms with Gasteiger partial charge in [0.1, 0.15) is 0 Å². The summed E-state index contributed by atoms with van der Waals surface area (Å²) in [5, 5.41) is 3.47. The molecule has 1 heterocycles. The van der Waals surface area contributed by atoms with Crippen molar-refractivity contribution in [3.05, 3.63) is 59.4 Å². The summed E-state index contributed by atoms with van der Waals surface area (Å²) in [5.41, 5.74) is 4.83. The molecule has 1 N–H and O–H groups in total. The van der Waals surface area contributed by atoms with Crippen LogP contribution in [0.1, 0.15) is 43.1 Å². The van der Waals surface area contributed by atoms with E-state index in [9.17, 15) is 0 Å². The summed E-state index contributed by atoms with van der Waals surface area (Å²) in [6.07, 6.45) is 4.24. The smallest absolute Gasteiger partial charge is 0.0531 e. The highest BCUT2D eigenvalue weighted by atomic mass is 14.9. The van der Waals surface area contributed by atoms with Crippen molar-refractivity contribution < 1.29 is 0 Å². The van der Waals surface area contributed by atoms with E-state index in [0.29, 0.717) is 6.04 Å². The van der Waals surface area contributed by atoms with Gasteiger partial charge >= 0.3 is 0 Å². The van der Waals surface area contributed by atoms with Gasteiger partial charge in [0, 0.05) is 11.7 Å². The number of hydrogen-bond acceptors (Lipinski definition) is 2. The number of hydrogen-bond donors (Lipinski definition) is 1. The standard InChI is InChI=1S/C17H22N2/c1-4-5-15-7-9-16(10-8-15)14(3)19-17-11-6-13(2)18-12-17/h6-12,14,19H,4-5H2,1-3H3. The van der Waals surface area contributed by atoms with E-state index in [1.165, 1.54) is 17.5 Å². The van der Waals surface area contributed by atoms with Gasteiger partial charge in [0.25, 0.3) is 0 Å². The molecule has 2 nitrogen and oxygen atoms in total. The van der Waals surface area contributed by atoms with Gasteiger partial charge in [-0.1, -0.05) is 37.6 Å². The van der Waals surface area contributed by atoms with Gasteiger partial charge in [-0.05, 0) is 43.5 Å². The Morgan fingerprint density at radius 2 is 1.84 bits per heavy atom. The van der Waals surface area contributed by atoms with Crippen LogP contribution in [0.2, 0.25) is 0 Å². The van der Waals surface area contributed by atoms with Gasteiger partial charge in [-0.3, -0.25) is 4.98 Å². The normalized spacial score (nSPS) is 12.2. The summed E-state index contributed by atoms with van der Waals surface area (Å²) >= 11 is 0. The summed E-state index contributed by atoms with van der Waals surface area (Å²) in [6, 6.07) is 13.3. The third-order valence-corrected chi connectivity index (χ3v) is 3.31. The maximum atomic E-state index is 4.30. The quantitative estimate of drug-likeness (QED) is 0.848. The maximum absolute atomic E-state index is 4.30. The highest BCUT2D eigenvalue weighted by Crippen LogP contribution is 2.19. The molecule has 1 aromatic carbocycles. The molecule has 0 aliphatic carbocycles. The lowest BCUT2D eigenvalue weighted by Crippen LogP contribution is -2.06. The zero-order valence-corrected chi connectivity index (χ0v) is 12.0. The molecule has 0 aliphatic heterocycles. The summed E-state index contributed by atoms with van der Waals surface area (Å²) in [6.45, 7) is 6.39. The van der Waals surface area contributed by atoms with E-state index >= 15 is 0 Å². The fourth-order valence-corrected chi connectivity index (χ4v) is 2.15. The Hall–Kier alpha value is -1.83. The SMILES string of the molecule is CCCc1ccc(C(C)Nc2ccc(C)nc2)cc1. The van der Waals surface area contributed by atoms with Crippen LogP contribution in [0, 0.1) is 6.92 Å². The van der Waals surface area contributed by atoms with Crippen LogP contribution in [0.5, 0.6) is 0 Å². The molecule has 0 fully saturated rings. The molecule has 2 heteroatoms. The number of aromatic nitrogens is 1. The van der Waals surface area contributed by atoms with Crippen LogP contribution >= 0.6 is 0 Å². The van der Waals surface area contributed by atoms with E-state index in [-0.39, 0.29) is 0 Å². The van der Waals surface area contributed by atoms with Crippen molar-refractivity contribution in [1.29, 1.82) is 0 Å². The van der Waals surface area contributed by atoms with Gasteiger partial charge in [-0.2, -0.15) is 0 Å². The second kappa shape index (κ2) is 6.37. The van der Waals surface area contributed by atoms with Crippen LogP contribution in [0.15, 0.2) is 42.6 Å². The molecule has 0 bridgehead atoms. The summed E-state index contributed by atoms with van der Waals surface area (Å²) in [7, 11) is 0. The predicted molar refractivity (Wildman–Crippen MR) is 81.4 cm³/mol. The lowest BCUT2D eigenvalue weighted by Gasteiger charge is -2.16. The molecule has 1 atom stereocenters. The molecule has 2 aromatic rings. The zero-order valence-electron chi connectivity index (χ0n) is 12.0. The Labute approximate surface area is 115 Å². The maximum Gasteiger partial charge on any atom is 0.0531 e. The Kier molecular flexibility index (Phi) is 4.56. The number of nitrogens with one attached hydrogen (secondary N) is 1. The van der Waals surface area contributed by atoms with Gasteiger partial charge in [-0.25, -0.2) is 0 Å². The van der Waals surface area contributed by atoms with Gasteiger partial charge in [0.15, 0.2) is 0 Å². The second-order valence-electron chi connectivity index (χ2n) is 5.05. The minimum atomic E-state index is 0.292. The Morgan fingerprint density at radius 1 is 1.11 bits per heavy atom. The zero-order chi connectivity index (χ0) is 13.7.